The number of ether oxygens (including phenoxy) is 3. The molecule has 6 nitrogen and oxygen atoms in total. The van der Waals surface area contributed by atoms with Gasteiger partial charge in [0.05, 0.1) is 0 Å². The summed E-state index contributed by atoms with van der Waals surface area (Å²) < 4.78 is 16.9. The maximum atomic E-state index is 12.9. The Morgan fingerprint density at radius 2 is 0.520 bits per heavy atom. The lowest BCUT2D eigenvalue weighted by Gasteiger charge is -2.18. The van der Waals surface area contributed by atoms with E-state index >= 15 is 0 Å². The van der Waals surface area contributed by atoms with Gasteiger partial charge in [0.2, 0.25) is 0 Å². The molecule has 1 atom stereocenters. The summed E-state index contributed by atoms with van der Waals surface area (Å²) in [6, 6.07) is 0. The third kappa shape index (κ3) is 61.8. The van der Waals surface area contributed by atoms with Crippen LogP contribution in [0.5, 0.6) is 0 Å². The summed E-state index contributed by atoms with van der Waals surface area (Å²) in [6.07, 6.45) is 81.0. The van der Waals surface area contributed by atoms with E-state index in [1.165, 1.54) is 218 Å². The zero-order valence-electron chi connectivity index (χ0n) is 50.1. The SMILES string of the molecule is CC/C=C\C/C=C\C/C=C\C/C=C\C/C=C\CCCC(=O)OC(COC(=O)CCCCCCCCCCCCCCCCC)COC(=O)CCCCCCCCCCCCCCCCCCCCCCCCCCC. The normalized spacial score (nSPS) is 12.4. The smallest absolute Gasteiger partial charge is 0.306 e. The van der Waals surface area contributed by atoms with Crippen LogP contribution in [0, 0.1) is 0 Å². The molecule has 0 heterocycles. The van der Waals surface area contributed by atoms with Gasteiger partial charge in [-0.15, -0.1) is 0 Å². The molecular weight excluding hydrogens is 925 g/mol. The minimum absolute atomic E-state index is 0.0922. The average Bonchev–Trinajstić information content (AvgIpc) is 3.41. The number of allylic oxidation sites excluding steroid dienone is 10. The van der Waals surface area contributed by atoms with Crippen molar-refractivity contribution in [3.05, 3.63) is 60.8 Å². The van der Waals surface area contributed by atoms with Crippen LogP contribution in [0.15, 0.2) is 60.8 Å². The lowest BCUT2D eigenvalue weighted by molar-refractivity contribution is -0.167. The summed E-state index contributed by atoms with van der Waals surface area (Å²) in [4.78, 5) is 38.3. The van der Waals surface area contributed by atoms with Gasteiger partial charge < -0.3 is 14.2 Å². The van der Waals surface area contributed by atoms with Crippen molar-refractivity contribution in [3.63, 3.8) is 0 Å². The van der Waals surface area contributed by atoms with Crippen LogP contribution in [-0.4, -0.2) is 37.2 Å². The van der Waals surface area contributed by atoms with Gasteiger partial charge in [-0.05, 0) is 57.8 Å². The molecule has 0 N–H and O–H groups in total. The molecule has 6 heteroatoms. The van der Waals surface area contributed by atoms with Crippen molar-refractivity contribution in [1.82, 2.24) is 0 Å². The van der Waals surface area contributed by atoms with Gasteiger partial charge in [-0.1, -0.05) is 326 Å². The highest BCUT2D eigenvalue weighted by atomic mass is 16.6. The van der Waals surface area contributed by atoms with E-state index in [0.717, 1.165) is 77.0 Å². The Morgan fingerprint density at radius 1 is 0.280 bits per heavy atom. The van der Waals surface area contributed by atoms with Crippen molar-refractivity contribution < 1.29 is 28.6 Å². The maximum absolute atomic E-state index is 12.9. The minimum atomic E-state index is -0.802. The molecule has 0 amide bonds. The van der Waals surface area contributed by atoms with Crippen LogP contribution in [0.25, 0.3) is 0 Å². The van der Waals surface area contributed by atoms with Crippen LogP contribution in [0.1, 0.15) is 342 Å². The van der Waals surface area contributed by atoms with E-state index in [2.05, 4.69) is 81.5 Å². The number of hydrogen-bond acceptors (Lipinski definition) is 6. The van der Waals surface area contributed by atoms with E-state index in [0.29, 0.717) is 19.3 Å². The van der Waals surface area contributed by atoms with Crippen molar-refractivity contribution in [2.24, 2.45) is 0 Å². The van der Waals surface area contributed by atoms with E-state index in [1.807, 2.05) is 0 Å². The molecule has 0 aliphatic rings. The second kappa shape index (κ2) is 63.6. The zero-order valence-corrected chi connectivity index (χ0v) is 50.1. The Morgan fingerprint density at radius 3 is 0.800 bits per heavy atom. The third-order valence-electron chi connectivity index (χ3n) is 14.5. The lowest BCUT2D eigenvalue weighted by Crippen LogP contribution is -2.30. The fourth-order valence-corrected chi connectivity index (χ4v) is 9.66. The summed E-state index contributed by atoms with van der Waals surface area (Å²) in [7, 11) is 0. The van der Waals surface area contributed by atoms with Crippen molar-refractivity contribution in [3.8, 4) is 0 Å². The molecule has 0 aromatic carbocycles. The van der Waals surface area contributed by atoms with E-state index in [4.69, 9.17) is 14.2 Å². The highest BCUT2D eigenvalue weighted by molar-refractivity contribution is 5.71. The van der Waals surface area contributed by atoms with Gasteiger partial charge in [-0.3, -0.25) is 14.4 Å². The second-order valence-corrected chi connectivity index (χ2v) is 22.0. The van der Waals surface area contributed by atoms with Gasteiger partial charge in [-0.2, -0.15) is 0 Å². The summed E-state index contributed by atoms with van der Waals surface area (Å²) in [6.45, 7) is 6.54. The van der Waals surface area contributed by atoms with Crippen LogP contribution >= 0.6 is 0 Å². The molecule has 0 rings (SSSR count). The highest BCUT2D eigenvalue weighted by Crippen LogP contribution is 2.18. The first-order chi connectivity index (χ1) is 37.0. The molecule has 75 heavy (non-hydrogen) atoms. The largest absolute Gasteiger partial charge is 0.462 e. The van der Waals surface area contributed by atoms with Crippen LogP contribution in [-0.2, 0) is 28.6 Å². The van der Waals surface area contributed by atoms with Gasteiger partial charge in [0.15, 0.2) is 6.10 Å². The first kappa shape index (κ1) is 72.1. The maximum Gasteiger partial charge on any atom is 0.306 e. The predicted octanol–water partition coefficient (Wildman–Crippen LogP) is 22.3. The van der Waals surface area contributed by atoms with Gasteiger partial charge >= 0.3 is 17.9 Å². The monoisotopic (exact) mass is 1050 g/mol. The molecule has 436 valence electrons. The number of hydrogen-bond donors (Lipinski definition) is 0. The van der Waals surface area contributed by atoms with Crippen molar-refractivity contribution >= 4 is 17.9 Å². The number of rotatable bonds is 60. The molecule has 0 aliphatic carbocycles. The summed E-state index contributed by atoms with van der Waals surface area (Å²) in [5.74, 6) is -0.930. The Kier molecular flexibility index (Phi) is 61.2. The average molecular weight is 1050 g/mol. The van der Waals surface area contributed by atoms with E-state index in [-0.39, 0.29) is 37.5 Å². The van der Waals surface area contributed by atoms with E-state index in [1.54, 1.807) is 0 Å². The Balaban J connectivity index is 4.31. The van der Waals surface area contributed by atoms with E-state index in [9.17, 15) is 14.4 Å². The topological polar surface area (TPSA) is 78.9 Å². The minimum Gasteiger partial charge on any atom is -0.462 e. The zero-order chi connectivity index (χ0) is 54.3. The molecular formula is C69H124O6. The van der Waals surface area contributed by atoms with E-state index < -0.39 is 6.10 Å². The standard InChI is InChI=1S/C69H124O6/c1-4-7-10-13-16-19-22-25-28-30-31-32-33-34-35-36-37-39-41-44-47-50-53-56-59-62-68(71)74-65-66(64-73-67(70)61-58-55-52-49-46-43-40-27-24-21-18-15-12-9-6-3)75-69(72)63-60-57-54-51-48-45-42-38-29-26-23-20-17-14-11-8-5-2/h8,11,17,20,26,29,42,45,51,54,66H,4-7,9-10,12-16,18-19,21-25,27-28,30-41,43-44,46-50,52-53,55-65H2,1-3H3/b11-8-,20-17-,29-26-,45-42-,54-51-. The first-order valence-corrected chi connectivity index (χ1v) is 32.8. The molecule has 0 aromatic rings. The number of unbranched alkanes of at least 4 members (excludes halogenated alkanes) is 39. The third-order valence-corrected chi connectivity index (χ3v) is 14.5. The fourth-order valence-electron chi connectivity index (χ4n) is 9.66. The molecule has 0 aromatic heterocycles. The predicted molar refractivity (Wildman–Crippen MR) is 325 cm³/mol. The first-order valence-electron chi connectivity index (χ1n) is 32.8. The van der Waals surface area contributed by atoms with Crippen LogP contribution in [0.2, 0.25) is 0 Å². The summed E-state index contributed by atoms with van der Waals surface area (Å²) >= 11 is 0. The molecule has 1 unspecified atom stereocenters. The molecule has 0 aliphatic heterocycles. The number of carbonyl (C=O) groups is 3. The highest BCUT2D eigenvalue weighted by Gasteiger charge is 2.19. The summed E-state index contributed by atoms with van der Waals surface area (Å²) in [5, 5.41) is 0. The second-order valence-electron chi connectivity index (χ2n) is 22.0. The van der Waals surface area contributed by atoms with Crippen molar-refractivity contribution in [1.29, 1.82) is 0 Å². The van der Waals surface area contributed by atoms with Gasteiger partial charge in [0, 0.05) is 19.3 Å². The van der Waals surface area contributed by atoms with Gasteiger partial charge in [0.25, 0.3) is 0 Å². The Labute approximate surface area is 466 Å². The van der Waals surface area contributed by atoms with Crippen molar-refractivity contribution in [2.45, 2.75) is 348 Å². The molecule has 0 saturated carbocycles. The van der Waals surface area contributed by atoms with Crippen molar-refractivity contribution in [2.75, 3.05) is 13.2 Å². The van der Waals surface area contributed by atoms with Crippen LogP contribution in [0.3, 0.4) is 0 Å². The number of carbonyl (C=O) groups excluding carboxylic acids is 3. The fraction of sp³-hybridized carbons (Fsp3) is 0.812. The molecule has 0 spiro atoms. The quantitative estimate of drug-likeness (QED) is 0.0261. The Bertz CT molecular complexity index is 1340. The summed E-state index contributed by atoms with van der Waals surface area (Å²) in [5.41, 5.74) is 0. The lowest BCUT2D eigenvalue weighted by atomic mass is 10.0. The van der Waals surface area contributed by atoms with Crippen LogP contribution < -0.4 is 0 Å². The molecule has 0 radical (unpaired) electrons. The molecule has 0 saturated heterocycles. The number of esters is 3. The van der Waals surface area contributed by atoms with Gasteiger partial charge in [-0.25, -0.2) is 0 Å². The van der Waals surface area contributed by atoms with Crippen LogP contribution in [0.4, 0.5) is 0 Å². The Hall–Kier alpha value is -2.89. The van der Waals surface area contributed by atoms with Gasteiger partial charge in [0.1, 0.15) is 13.2 Å². The molecule has 0 bridgehead atoms. The molecule has 0 fully saturated rings.